The molecule has 0 radical (unpaired) electrons. The topological polar surface area (TPSA) is 106 Å². The second kappa shape index (κ2) is 12.1. The summed E-state index contributed by atoms with van der Waals surface area (Å²) in [7, 11) is 0. The number of nitrogens with one attached hydrogen (secondary N) is 2. The monoisotopic (exact) mass is 555 g/mol. The normalized spacial score (nSPS) is 19.3. The fourth-order valence-electron chi connectivity index (χ4n) is 5.61. The summed E-state index contributed by atoms with van der Waals surface area (Å²) in [4.78, 5) is 23.9. The molecule has 4 heterocycles. The maximum Gasteiger partial charge on any atom is 0.410 e. The van der Waals surface area contributed by atoms with Crippen LogP contribution in [0.1, 0.15) is 45.6 Å². The molecule has 2 aromatic carbocycles. The summed E-state index contributed by atoms with van der Waals surface area (Å²) in [5.41, 5.74) is 2.51. The van der Waals surface area contributed by atoms with Gasteiger partial charge in [-0.15, -0.1) is 0 Å². The van der Waals surface area contributed by atoms with Crippen LogP contribution >= 0.6 is 0 Å². The van der Waals surface area contributed by atoms with Crippen molar-refractivity contribution in [1.29, 1.82) is 0 Å². The molecule has 10 heteroatoms. The van der Waals surface area contributed by atoms with Crippen molar-refractivity contribution < 1.29 is 14.3 Å². The fraction of sp³-hybridized carbons (Fsp3) is 0.419. The first-order valence-electron chi connectivity index (χ1n) is 14.5. The van der Waals surface area contributed by atoms with Crippen LogP contribution in [0.3, 0.4) is 0 Å². The zero-order chi connectivity index (χ0) is 28.2. The summed E-state index contributed by atoms with van der Waals surface area (Å²) in [5.74, 6) is 2.31. The summed E-state index contributed by atoms with van der Waals surface area (Å²) >= 11 is 0. The summed E-state index contributed by atoms with van der Waals surface area (Å²) in [6.07, 6.45) is 5.11. The molecule has 4 aromatic rings. The van der Waals surface area contributed by atoms with Crippen molar-refractivity contribution in [3.05, 3.63) is 60.9 Å². The Balaban J connectivity index is 1.36. The van der Waals surface area contributed by atoms with Crippen molar-refractivity contribution in [2.75, 3.05) is 31.5 Å². The first-order valence-corrected chi connectivity index (χ1v) is 14.5. The SMILES string of the molecule is CC(C)OC(=O)N1CCC[C@@H](n2nc(-c3ccc(Oc4ccccc4)cc3)c3c(N[C@@H]4CCCNC4)ncnc32)C1. The van der Waals surface area contributed by atoms with E-state index < -0.39 is 0 Å². The van der Waals surface area contributed by atoms with Crippen molar-refractivity contribution in [1.82, 2.24) is 30.0 Å². The number of fused-ring (bicyclic) bond motifs is 1. The van der Waals surface area contributed by atoms with Gasteiger partial charge in [0.1, 0.15) is 29.3 Å². The maximum absolute atomic E-state index is 12.7. The molecule has 214 valence electrons. The third-order valence-electron chi connectivity index (χ3n) is 7.57. The molecule has 1 amide bonds. The minimum Gasteiger partial charge on any atom is -0.457 e. The molecule has 2 atom stereocenters. The molecule has 2 N–H and O–H groups in total. The molecule has 0 saturated carbocycles. The molecule has 2 aromatic heterocycles. The van der Waals surface area contributed by atoms with Gasteiger partial charge in [0.2, 0.25) is 0 Å². The van der Waals surface area contributed by atoms with Crippen molar-refractivity contribution in [3.63, 3.8) is 0 Å². The highest BCUT2D eigenvalue weighted by Gasteiger charge is 2.30. The summed E-state index contributed by atoms with van der Waals surface area (Å²) in [6.45, 7) is 6.86. The van der Waals surface area contributed by atoms with Crippen LogP contribution in [-0.2, 0) is 4.74 Å². The standard InChI is InChI=1S/C31H37N7O3/c1-21(2)40-31(39)37-17-7-9-24(19-37)38-30-27(29(33-20-34-30)35-23-8-6-16-32-18-23)28(36-38)22-12-14-26(15-13-22)41-25-10-4-3-5-11-25/h3-5,10-15,20-21,23-24,32H,6-9,16-19H2,1-2H3,(H,33,34,35)/t23-,24-/m1/s1. The van der Waals surface area contributed by atoms with E-state index in [1.165, 1.54) is 0 Å². The lowest BCUT2D eigenvalue weighted by atomic mass is 10.1. The lowest BCUT2D eigenvalue weighted by Gasteiger charge is -2.32. The number of carbonyl (C=O) groups is 1. The number of nitrogens with zero attached hydrogens (tertiary/aromatic N) is 5. The van der Waals surface area contributed by atoms with Gasteiger partial charge in [0, 0.05) is 31.2 Å². The van der Waals surface area contributed by atoms with Crippen LogP contribution < -0.4 is 15.4 Å². The van der Waals surface area contributed by atoms with Gasteiger partial charge in [0.15, 0.2) is 5.65 Å². The number of hydrogen-bond acceptors (Lipinski definition) is 8. The predicted molar refractivity (Wildman–Crippen MR) is 158 cm³/mol. The van der Waals surface area contributed by atoms with Crippen LogP contribution in [0.15, 0.2) is 60.9 Å². The van der Waals surface area contributed by atoms with E-state index in [-0.39, 0.29) is 24.3 Å². The number of aromatic nitrogens is 4. The number of likely N-dealkylation sites (tertiary alicyclic amines) is 1. The quantitative estimate of drug-likeness (QED) is 0.302. The largest absolute Gasteiger partial charge is 0.457 e. The van der Waals surface area contributed by atoms with Gasteiger partial charge >= 0.3 is 6.09 Å². The second-order valence-corrected chi connectivity index (χ2v) is 11.0. The van der Waals surface area contributed by atoms with Crippen LogP contribution in [0.25, 0.3) is 22.3 Å². The molecule has 6 rings (SSSR count). The molecular weight excluding hydrogens is 518 g/mol. The van der Waals surface area contributed by atoms with E-state index >= 15 is 0 Å². The van der Waals surface area contributed by atoms with E-state index in [1.807, 2.05) is 73.1 Å². The van der Waals surface area contributed by atoms with Crippen LogP contribution in [-0.4, -0.2) is 69.1 Å². The van der Waals surface area contributed by atoms with E-state index in [9.17, 15) is 4.79 Å². The molecule has 0 unspecified atom stereocenters. The van der Waals surface area contributed by atoms with Gasteiger partial charge < -0.3 is 25.0 Å². The lowest BCUT2D eigenvalue weighted by molar-refractivity contribution is 0.0629. The van der Waals surface area contributed by atoms with E-state index in [1.54, 1.807) is 11.2 Å². The molecule has 2 fully saturated rings. The maximum atomic E-state index is 12.7. The number of anilines is 1. The Kier molecular flexibility index (Phi) is 8.00. The van der Waals surface area contributed by atoms with Gasteiger partial charge in [-0.25, -0.2) is 19.4 Å². The average molecular weight is 556 g/mol. The third-order valence-corrected chi connectivity index (χ3v) is 7.57. The second-order valence-electron chi connectivity index (χ2n) is 11.0. The Labute approximate surface area is 240 Å². The van der Waals surface area contributed by atoms with Crippen LogP contribution in [0, 0.1) is 0 Å². The minimum absolute atomic E-state index is 0.0282. The molecule has 2 saturated heterocycles. The molecule has 0 spiro atoms. The lowest BCUT2D eigenvalue weighted by Crippen LogP contribution is -2.42. The van der Waals surface area contributed by atoms with Gasteiger partial charge in [-0.2, -0.15) is 5.10 Å². The molecule has 41 heavy (non-hydrogen) atoms. The van der Waals surface area contributed by atoms with Gasteiger partial charge in [-0.3, -0.25) is 0 Å². The van der Waals surface area contributed by atoms with E-state index in [2.05, 4.69) is 15.6 Å². The number of benzene rings is 2. The number of ether oxygens (including phenoxy) is 2. The molecule has 0 bridgehead atoms. The van der Waals surface area contributed by atoms with E-state index in [4.69, 9.17) is 19.6 Å². The van der Waals surface area contributed by atoms with Crippen LogP contribution in [0.4, 0.5) is 10.6 Å². The zero-order valence-electron chi connectivity index (χ0n) is 23.6. The Morgan fingerprint density at radius 3 is 2.59 bits per heavy atom. The Morgan fingerprint density at radius 2 is 1.83 bits per heavy atom. The van der Waals surface area contributed by atoms with Crippen molar-refractivity contribution in [3.8, 4) is 22.8 Å². The molecular formula is C31H37N7O3. The number of rotatable bonds is 7. The van der Waals surface area contributed by atoms with Crippen molar-refractivity contribution in [2.45, 2.75) is 57.7 Å². The Morgan fingerprint density at radius 1 is 1.02 bits per heavy atom. The highest BCUT2D eigenvalue weighted by atomic mass is 16.6. The fourth-order valence-corrected chi connectivity index (χ4v) is 5.61. The third kappa shape index (κ3) is 6.12. The number of hydrogen-bond donors (Lipinski definition) is 2. The zero-order valence-corrected chi connectivity index (χ0v) is 23.6. The number of carbonyl (C=O) groups excluding carboxylic acids is 1. The van der Waals surface area contributed by atoms with Crippen molar-refractivity contribution in [2.24, 2.45) is 0 Å². The summed E-state index contributed by atoms with van der Waals surface area (Å²) in [5, 5.41) is 13.2. The Bertz CT molecular complexity index is 1470. The highest BCUT2D eigenvalue weighted by Crippen LogP contribution is 2.36. The van der Waals surface area contributed by atoms with Gasteiger partial charge in [0.05, 0.1) is 17.5 Å². The van der Waals surface area contributed by atoms with Crippen molar-refractivity contribution >= 4 is 22.9 Å². The van der Waals surface area contributed by atoms with E-state index in [0.29, 0.717) is 13.1 Å². The van der Waals surface area contributed by atoms with Gasteiger partial charge in [-0.1, -0.05) is 18.2 Å². The predicted octanol–water partition coefficient (Wildman–Crippen LogP) is 5.63. The first-order chi connectivity index (χ1) is 20.0. The van der Waals surface area contributed by atoms with Crippen LogP contribution in [0.2, 0.25) is 0 Å². The van der Waals surface area contributed by atoms with Gasteiger partial charge in [0.25, 0.3) is 0 Å². The summed E-state index contributed by atoms with van der Waals surface area (Å²) in [6, 6.07) is 17.9. The number of amides is 1. The number of piperidine rings is 2. The minimum atomic E-state index is -0.280. The molecule has 10 nitrogen and oxygen atoms in total. The number of para-hydroxylation sites is 1. The smallest absolute Gasteiger partial charge is 0.410 e. The average Bonchev–Trinajstić information content (AvgIpc) is 3.39. The molecule has 0 aliphatic carbocycles. The van der Waals surface area contributed by atoms with E-state index in [0.717, 1.165) is 78.4 Å². The van der Waals surface area contributed by atoms with Gasteiger partial charge in [-0.05, 0) is 82.5 Å². The van der Waals surface area contributed by atoms with Crippen LogP contribution in [0.5, 0.6) is 11.5 Å². The first kappa shape index (κ1) is 27.0. The molecule has 2 aliphatic rings. The molecule has 2 aliphatic heterocycles. The highest BCUT2D eigenvalue weighted by molar-refractivity contribution is 5.99. The Hall–Kier alpha value is -4.18. The summed E-state index contributed by atoms with van der Waals surface area (Å²) < 4.78 is 13.5.